The molecule has 4 N–H and O–H groups in total. The van der Waals surface area contributed by atoms with Gasteiger partial charge in [0.15, 0.2) is 11.2 Å². The number of rotatable bonds is 0. The van der Waals surface area contributed by atoms with E-state index in [2.05, 4.69) is 9.97 Å². The van der Waals surface area contributed by atoms with Crippen molar-refractivity contribution in [3.63, 3.8) is 0 Å². The second kappa shape index (κ2) is 5.75. The molecule has 0 aliphatic rings. The molecule has 4 aromatic rings. The zero-order chi connectivity index (χ0) is 15.7. The molecule has 2 aromatic heterocycles. The third kappa shape index (κ3) is 3.08. The van der Waals surface area contributed by atoms with Crippen LogP contribution in [0.3, 0.4) is 0 Å². The summed E-state index contributed by atoms with van der Waals surface area (Å²) in [7, 11) is 0. The van der Waals surface area contributed by atoms with E-state index in [0.29, 0.717) is 32.2 Å². The first-order valence-corrected chi connectivity index (χ1v) is 6.90. The first-order chi connectivity index (χ1) is 10.5. The monoisotopic (exact) mass is 336 g/mol. The van der Waals surface area contributed by atoms with Gasteiger partial charge in [0.05, 0.1) is 0 Å². The van der Waals surface area contributed by atoms with Crippen LogP contribution in [0.1, 0.15) is 0 Å². The van der Waals surface area contributed by atoms with E-state index in [9.17, 15) is 0 Å². The van der Waals surface area contributed by atoms with Crippen LogP contribution in [0.5, 0.6) is 0 Å². The quantitative estimate of drug-likeness (QED) is 0.500. The lowest BCUT2D eigenvalue weighted by atomic mass is 10.3. The number of hydrogen-bond donors (Lipinski definition) is 2. The number of aromatic nitrogens is 2. The minimum absolute atomic E-state index is 0.169. The Morgan fingerprint density at radius 3 is 1.55 bits per heavy atom. The van der Waals surface area contributed by atoms with Crippen LogP contribution in [-0.4, -0.2) is 9.97 Å². The van der Waals surface area contributed by atoms with E-state index in [1.54, 1.807) is 36.4 Å². The van der Waals surface area contributed by atoms with Crippen molar-refractivity contribution < 1.29 is 8.83 Å². The fourth-order valence-corrected chi connectivity index (χ4v) is 2.17. The van der Waals surface area contributed by atoms with Gasteiger partial charge in [-0.25, -0.2) is 0 Å². The molecule has 8 heteroatoms. The SMILES string of the molecule is Nc1nc2cc(Cl)ccc2o1.Nc1nc2cc(Cl)ccc2o1. The standard InChI is InChI=1S/2C7H5ClN2O/c2*8-4-1-2-6-5(3-4)10-7(9)11-6/h2*1-3H,(H2,9,10). The van der Waals surface area contributed by atoms with Gasteiger partial charge in [0.2, 0.25) is 0 Å². The number of hydrogen-bond acceptors (Lipinski definition) is 6. The molecule has 112 valence electrons. The maximum atomic E-state index is 5.71. The fourth-order valence-electron chi connectivity index (χ4n) is 1.84. The van der Waals surface area contributed by atoms with E-state index < -0.39 is 0 Å². The number of nitrogen functional groups attached to an aromatic ring is 2. The first kappa shape index (κ1) is 14.5. The molecule has 4 rings (SSSR count). The second-order valence-electron chi connectivity index (χ2n) is 4.33. The van der Waals surface area contributed by atoms with Crippen LogP contribution in [-0.2, 0) is 0 Å². The lowest BCUT2D eigenvalue weighted by molar-refractivity contribution is 0.626. The van der Waals surface area contributed by atoms with Crippen LogP contribution in [0.15, 0.2) is 45.2 Å². The van der Waals surface area contributed by atoms with Gasteiger partial charge in [-0.2, -0.15) is 9.97 Å². The van der Waals surface area contributed by atoms with Crippen LogP contribution in [0, 0.1) is 0 Å². The Hall–Kier alpha value is -2.44. The van der Waals surface area contributed by atoms with Crippen molar-refractivity contribution >= 4 is 57.4 Å². The Morgan fingerprint density at radius 1 is 0.727 bits per heavy atom. The Bertz CT molecular complexity index is 870. The molecule has 22 heavy (non-hydrogen) atoms. The molecule has 0 spiro atoms. The molecular weight excluding hydrogens is 327 g/mol. The summed E-state index contributed by atoms with van der Waals surface area (Å²) in [6.45, 7) is 0. The molecule has 0 saturated heterocycles. The van der Waals surface area contributed by atoms with E-state index >= 15 is 0 Å². The van der Waals surface area contributed by atoms with Crippen molar-refractivity contribution in [1.82, 2.24) is 9.97 Å². The van der Waals surface area contributed by atoms with Gasteiger partial charge in [-0.15, -0.1) is 0 Å². The molecule has 0 amide bonds. The maximum Gasteiger partial charge on any atom is 0.292 e. The van der Waals surface area contributed by atoms with Crippen molar-refractivity contribution in [2.24, 2.45) is 0 Å². The lowest BCUT2D eigenvalue weighted by Gasteiger charge is -1.85. The summed E-state index contributed by atoms with van der Waals surface area (Å²) in [4.78, 5) is 7.80. The normalized spacial score (nSPS) is 10.6. The predicted molar refractivity (Wildman–Crippen MR) is 86.9 cm³/mol. The van der Waals surface area contributed by atoms with Crippen LogP contribution in [0.25, 0.3) is 22.2 Å². The molecule has 0 bridgehead atoms. The minimum atomic E-state index is 0.169. The van der Waals surface area contributed by atoms with Gasteiger partial charge in [-0.05, 0) is 36.4 Å². The zero-order valence-corrected chi connectivity index (χ0v) is 12.6. The van der Waals surface area contributed by atoms with Gasteiger partial charge in [0, 0.05) is 10.0 Å². The molecule has 0 aliphatic carbocycles. The van der Waals surface area contributed by atoms with E-state index in [0.717, 1.165) is 0 Å². The third-order valence-electron chi connectivity index (χ3n) is 2.73. The van der Waals surface area contributed by atoms with E-state index in [4.69, 9.17) is 43.5 Å². The molecule has 6 nitrogen and oxygen atoms in total. The van der Waals surface area contributed by atoms with Crippen LogP contribution < -0.4 is 11.5 Å². The number of nitrogens with two attached hydrogens (primary N) is 2. The van der Waals surface area contributed by atoms with E-state index in [1.807, 2.05) is 0 Å². The zero-order valence-electron chi connectivity index (χ0n) is 11.1. The van der Waals surface area contributed by atoms with Crippen LogP contribution in [0.4, 0.5) is 12.0 Å². The van der Waals surface area contributed by atoms with Crippen molar-refractivity contribution in [2.75, 3.05) is 11.5 Å². The molecule has 0 radical (unpaired) electrons. The number of benzene rings is 2. The average molecular weight is 337 g/mol. The highest BCUT2D eigenvalue weighted by Crippen LogP contribution is 2.21. The highest BCUT2D eigenvalue weighted by Gasteiger charge is 2.02. The smallest absolute Gasteiger partial charge is 0.292 e. The van der Waals surface area contributed by atoms with Crippen molar-refractivity contribution in [3.8, 4) is 0 Å². The Balaban J connectivity index is 0.000000131. The highest BCUT2D eigenvalue weighted by molar-refractivity contribution is 6.31. The van der Waals surface area contributed by atoms with Gasteiger partial charge >= 0.3 is 0 Å². The summed E-state index contributed by atoms with van der Waals surface area (Å²) >= 11 is 11.4. The van der Waals surface area contributed by atoms with Gasteiger partial charge in [-0.3, -0.25) is 0 Å². The molecule has 0 atom stereocenters. The van der Waals surface area contributed by atoms with Crippen LogP contribution in [0.2, 0.25) is 10.0 Å². The maximum absolute atomic E-state index is 5.71. The number of nitrogens with zero attached hydrogens (tertiary/aromatic N) is 2. The minimum Gasteiger partial charge on any atom is -0.424 e. The molecule has 0 aliphatic heterocycles. The summed E-state index contributed by atoms with van der Waals surface area (Å²) in [6.07, 6.45) is 0. The second-order valence-corrected chi connectivity index (χ2v) is 5.20. The molecule has 0 saturated carbocycles. The fraction of sp³-hybridized carbons (Fsp3) is 0. The van der Waals surface area contributed by atoms with Crippen LogP contribution >= 0.6 is 23.2 Å². The predicted octanol–water partition coefficient (Wildman–Crippen LogP) is 4.13. The van der Waals surface area contributed by atoms with Crippen molar-refractivity contribution in [1.29, 1.82) is 0 Å². The lowest BCUT2D eigenvalue weighted by Crippen LogP contribution is -1.80. The largest absolute Gasteiger partial charge is 0.424 e. The highest BCUT2D eigenvalue weighted by atomic mass is 35.5. The molecule has 0 unspecified atom stereocenters. The molecule has 2 aromatic carbocycles. The number of oxazole rings is 2. The Labute approximate surface area is 134 Å². The summed E-state index contributed by atoms with van der Waals surface area (Å²) in [6, 6.07) is 10.7. The topological polar surface area (TPSA) is 104 Å². The Morgan fingerprint density at radius 2 is 1.14 bits per heavy atom. The summed E-state index contributed by atoms with van der Waals surface area (Å²) < 4.78 is 10.1. The third-order valence-corrected chi connectivity index (χ3v) is 3.20. The van der Waals surface area contributed by atoms with Gasteiger partial charge in [-0.1, -0.05) is 23.2 Å². The number of halogens is 2. The van der Waals surface area contributed by atoms with E-state index in [-0.39, 0.29) is 12.0 Å². The van der Waals surface area contributed by atoms with Crippen molar-refractivity contribution in [3.05, 3.63) is 46.4 Å². The van der Waals surface area contributed by atoms with E-state index in [1.165, 1.54) is 0 Å². The molecule has 0 fully saturated rings. The first-order valence-electron chi connectivity index (χ1n) is 6.14. The Kier molecular flexibility index (Phi) is 3.79. The average Bonchev–Trinajstić information content (AvgIpc) is 2.99. The summed E-state index contributed by atoms with van der Waals surface area (Å²) in [5.41, 5.74) is 13.3. The number of fused-ring (bicyclic) bond motifs is 2. The summed E-state index contributed by atoms with van der Waals surface area (Å²) in [5, 5.41) is 1.26. The van der Waals surface area contributed by atoms with Crippen molar-refractivity contribution in [2.45, 2.75) is 0 Å². The number of anilines is 2. The molecule has 2 heterocycles. The van der Waals surface area contributed by atoms with Gasteiger partial charge in [0.25, 0.3) is 12.0 Å². The molecular formula is C14H10Cl2N4O2. The summed E-state index contributed by atoms with van der Waals surface area (Å²) in [5.74, 6) is 0. The van der Waals surface area contributed by atoms with Gasteiger partial charge in [0.1, 0.15) is 11.0 Å². The van der Waals surface area contributed by atoms with Gasteiger partial charge < -0.3 is 20.3 Å².